The van der Waals surface area contributed by atoms with Crippen LogP contribution in [0, 0.1) is 0 Å². The number of nitrogens with zero attached hydrogens (tertiary/aromatic N) is 1. The molecule has 16 heavy (non-hydrogen) atoms. The lowest BCUT2D eigenvalue weighted by molar-refractivity contribution is 0.475. The average molecular weight is 286 g/mol. The largest absolute Gasteiger partial charge is 0.508 e. The van der Waals surface area contributed by atoms with Gasteiger partial charge in [-0.05, 0) is 37.1 Å². The number of benzene rings is 1. The number of halogens is 1. The lowest BCUT2D eigenvalue weighted by Gasteiger charge is -2.19. The summed E-state index contributed by atoms with van der Waals surface area (Å²) in [6.07, 6.45) is 5.08. The first kappa shape index (κ1) is 13.4. The van der Waals surface area contributed by atoms with E-state index in [0.29, 0.717) is 5.75 Å². The Bertz CT molecular complexity index is 286. The molecule has 0 aliphatic carbocycles. The first-order valence-corrected chi connectivity index (χ1v) is 6.92. The fourth-order valence-electron chi connectivity index (χ4n) is 1.63. The Labute approximate surface area is 106 Å². The minimum Gasteiger partial charge on any atom is -0.508 e. The van der Waals surface area contributed by atoms with Gasteiger partial charge in [0.05, 0.1) is 0 Å². The molecular formula is C13H20BrNO. The lowest BCUT2D eigenvalue weighted by Crippen LogP contribution is -2.18. The summed E-state index contributed by atoms with van der Waals surface area (Å²) in [6.45, 7) is 1.08. The molecule has 0 aliphatic heterocycles. The Morgan fingerprint density at radius 1 is 1.06 bits per heavy atom. The van der Waals surface area contributed by atoms with Crippen molar-refractivity contribution >= 4 is 21.6 Å². The number of hydrogen-bond acceptors (Lipinski definition) is 2. The van der Waals surface area contributed by atoms with Crippen molar-refractivity contribution < 1.29 is 5.11 Å². The quantitative estimate of drug-likeness (QED) is 0.609. The second-order valence-corrected chi connectivity index (χ2v) is 4.83. The highest BCUT2D eigenvalue weighted by molar-refractivity contribution is 9.09. The Morgan fingerprint density at radius 2 is 1.69 bits per heavy atom. The summed E-state index contributed by atoms with van der Waals surface area (Å²) < 4.78 is 0. The van der Waals surface area contributed by atoms with E-state index in [-0.39, 0.29) is 0 Å². The second-order valence-electron chi connectivity index (χ2n) is 4.04. The fourth-order valence-corrected chi connectivity index (χ4v) is 2.03. The smallest absolute Gasteiger partial charge is 0.115 e. The Morgan fingerprint density at radius 3 is 2.31 bits per heavy atom. The highest BCUT2D eigenvalue weighted by atomic mass is 79.9. The third-order valence-electron chi connectivity index (χ3n) is 2.67. The van der Waals surface area contributed by atoms with E-state index in [4.69, 9.17) is 0 Å². The molecule has 1 N–H and O–H groups in total. The van der Waals surface area contributed by atoms with E-state index in [0.717, 1.165) is 11.9 Å². The molecule has 0 amide bonds. The van der Waals surface area contributed by atoms with E-state index in [9.17, 15) is 5.11 Å². The van der Waals surface area contributed by atoms with Crippen molar-refractivity contribution in [1.82, 2.24) is 0 Å². The average Bonchev–Trinajstić information content (AvgIpc) is 2.29. The number of aromatic hydroxyl groups is 1. The Hall–Kier alpha value is -0.700. The monoisotopic (exact) mass is 285 g/mol. The molecule has 90 valence electrons. The zero-order chi connectivity index (χ0) is 11.8. The van der Waals surface area contributed by atoms with E-state index < -0.39 is 0 Å². The van der Waals surface area contributed by atoms with Gasteiger partial charge in [-0.1, -0.05) is 28.8 Å². The molecule has 0 unspecified atom stereocenters. The summed E-state index contributed by atoms with van der Waals surface area (Å²) in [4.78, 5) is 2.23. The normalized spacial score (nSPS) is 10.4. The molecule has 0 radical (unpaired) electrons. The van der Waals surface area contributed by atoms with Crippen LogP contribution >= 0.6 is 15.9 Å². The Balaban J connectivity index is 2.24. The third-order valence-corrected chi connectivity index (χ3v) is 3.23. The maximum Gasteiger partial charge on any atom is 0.115 e. The van der Waals surface area contributed by atoms with E-state index in [1.807, 2.05) is 12.1 Å². The zero-order valence-electron chi connectivity index (χ0n) is 9.82. The van der Waals surface area contributed by atoms with Crippen molar-refractivity contribution in [2.24, 2.45) is 0 Å². The number of hydrogen-bond donors (Lipinski definition) is 1. The van der Waals surface area contributed by atoms with Crippen molar-refractivity contribution in [2.45, 2.75) is 25.7 Å². The van der Waals surface area contributed by atoms with Gasteiger partial charge < -0.3 is 10.0 Å². The van der Waals surface area contributed by atoms with Gasteiger partial charge in [0.2, 0.25) is 0 Å². The molecule has 1 aromatic rings. The summed E-state index contributed by atoms with van der Waals surface area (Å²) in [5.41, 5.74) is 1.17. The molecular weight excluding hydrogens is 266 g/mol. The number of unbranched alkanes of at least 4 members (excludes halogenated alkanes) is 3. The van der Waals surface area contributed by atoms with E-state index in [1.165, 1.54) is 31.4 Å². The van der Waals surface area contributed by atoms with Crippen molar-refractivity contribution in [3.8, 4) is 5.75 Å². The molecule has 3 heteroatoms. The fraction of sp³-hybridized carbons (Fsp3) is 0.538. The third kappa shape index (κ3) is 4.88. The zero-order valence-corrected chi connectivity index (χ0v) is 11.4. The van der Waals surface area contributed by atoms with Gasteiger partial charge in [0.25, 0.3) is 0 Å². The Kier molecular flexibility index (Phi) is 6.31. The maximum absolute atomic E-state index is 9.19. The molecule has 0 heterocycles. The van der Waals surface area contributed by atoms with Gasteiger partial charge >= 0.3 is 0 Å². The predicted octanol–water partition coefficient (Wildman–Crippen LogP) is 3.78. The highest BCUT2D eigenvalue weighted by Crippen LogP contribution is 2.17. The van der Waals surface area contributed by atoms with Crippen LogP contribution < -0.4 is 4.90 Å². The minimum atomic E-state index is 0.328. The molecule has 0 spiro atoms. The van der Waals surface area contributed by atoms with Crippen LogP contribution in [0.1, 0.15) is 25.7 Å². The SMILES string of the molecule is CN(CCCCCCBr)c1ccc(O)cc1. The van der Waals surface area contributed by atoms with Gasteiger partial charge in [0, 0.05) is 24.6 Å². The van der Waals surface area contributed by atoms with Crippen LogP contribution in [0.3, 0.4) is 0 Å². The van der Waals surface area contributed by atoms with Gasteiger partial charge in [-0.2, -0.15) is 0 Å². The standard InChI is InChI=1S/C13H20BrNO/c1-15(11-5-3-2-4-10-14)12-6-8-13(16)9-7-12/h6-9,16H,2-5,10-11H2,1H3. The first-order chi connectivity index (χ1) is 7.74. The summed E-state index contributed by atoms with van der Waals surface area (Å²) in [5, 5.41) is 10.3. The van der Waals surface area contributed by atoms with Crippen LogP contribution in [0.25, 0.3) is 0 Å². The molecule has 0 saturated carbocycles. The number of phenols is 1. The molecule has 0 saturated heterocycles. The highest BCUT2D eigenvalue weighted by Gasteiger charge is 2.00. The molecule has 0 bridgehead atoms. The minimum absolute atomic E-state index is 0.328. The first-order valence-electron chi connectivity index (χ1n) is 5.80. The van der Waals surface area contributed by atoms with E-state index in [2.05, 4.69) is 27.9 Å². The number of anilines is 1. The van der Waals surface area contributed by atoms with Crippen molar-refractivity contribution in [2.75, 3.05) is 23.8 Å². The lowest BCUT2D eigenvalue weighted by atomic mass is 10.2. The molecule has 0 atom stereocenters. The van der Waals surface area contributed by atoms with Crippen molar-refractivity contribution in [3.63, 3.8) is 0 Å². The summed E-state index contributed by atoms with van der Waals surface area (Å²) >= 11 is 3.44. The maximum atomic E-state index is 9.19. The van der Waals surface area contributed by atoms with Crippen LogP contribution in [0.5, 0.6) is 5.75 Å². The van der Waals surface area contributed by atoms with Crippen LogP contribution in [0.15, 0.2) is 24.3 Å². The van der Waals surface area contributed by atoms with Crippen LogP contribution in [-0.4, -0.2) is 24.0 Å². The molecule has 0 fully saturated rings. The summed E-state index contributed by atoms with van der Waals surface area (Å²) in [6, 6.07) is 7.37. The van der Waals surface area contributed by atoms with Crippen LogP contribution in [-0.2, 0) is 0 Å². The summed E-state index contributed by atoms with van der Waals surface area (Å²) in [7, 11) is 2.09. The molecule has 1 rings (SSSR count). The van der Waals surface area contributed by atoms with Gasteiger partial charge in [-0.25, -0.2) is 0 Å². The number of alkyl halides is 1. The van der Waals surface area contributed by atoms with Gasteiger partial charge in [-0.3, -0.25) is 0 Å². The van der Waals surface area contributed by atoms with E-state index >= 15 is 0 Å². The number of rotatable bonds is 7. The second kappa shape index (κ2) is 7.55. The number of phenolic OH excluding ortho intramolecular Hbond substituents is 1. The van der Waals surface area contributed by atoms with E-state index in [1.54, 1.807) is 12.1 Å². The van der Waals surface area contributed by atoms with Crippen molar-refractivity contribution in [3.05, 3.63) is 24.3 Å². The van der Waals surface area contributed by atoms with Crippen molar-refractivity contribution in [1.29, 1.82) is 0 Å². The van der Waals surface area contributed by atoms with Gasteiger partial charge in [-0.15, -0.1) is 0 Å². The van der Waals surface area contributed by atoms with Gasteiger partial charge in [0.1, 0.15) is 5.75 Å². The van der Waals surface area contributed by atoms with Gasteiger partial charge in [0.15, 0.2) is 0 Å². The predicted molar refractivity (Wildman–Crippen MR) is 73.6 cm³/mol. The summed E-state index contributed by atoms with van der Waals surface area (Å²) in [5.74, 6) is 0.328. The molecule has 1 aromatic carbocycles. The van der Waals surface area contributed by atoms with Crippen LogP contribution in [0.2, 0.25) is 0 Å². The molecule has 0 aliphatic rings. The molecule has 0 aromatic heterocycles. The topological polar surface area (TPSA) is 23.5 Å². The molecule has 2 nitrogen and oxygen atoms in total. The van der Waals surface area contributed by atoms with Crippen LogP contribution in [0.4, 0.5) is 5.69 Å².